The van der Waals surface area contributed by atoms with Gasteiger partial charge in [0.1, 0.15) is 17.7 Å². The Labute approximate surface area is 175 Å². The van der Waals surface area contributed by atoms with Gasteiger partial charge in [0, 0.05) is 19.3 Å². The van der Waals surface area contributed by atoms with Crippen LogP contribution in [0.25, 0.3) is 0 Å². The number of rotatable bonds is 4. The van der Waals surface area contributed by atoms with Crippen LogP contribution in [-0.2, 0) is 4.74 Å². The Balaban J connectivity index is 1.45. The summed E-state index contributed by atoms with van der Waals surface area (Å²) in [5.74, 6) is 1.95. The maximum Gasteiger partial charge on any atom is 0.337 e. The van der Waals surface area contributed by atoms with Crippen LogP contribution in [0.2, 0.25) is 5.02 Å². The summed E-state index contributed by atoms with van der Waals surface area (Å²) in [6.45, 7) is 3.78. The molecule has 0 unspecified atom stereocenters. The van der Waals surface area contributed by atoms with E-state index in [1.807, 2.05) is 13.0 Å². The van der Waals surface area contributed by atoms with E-state index in [2.05, 4.69) is 9.88 Å². The van der Waals surface area contributed by atoms with E-state index in [4.69, 9.17) is 21.1 Å². The first-order chi connectivity index (χ1) is 13.9. The zero-order chi connectivity index (χ0) is 20.5. The minimum Gasteiger partial charge on any atom is -0.488 e. The number of aryl methyl sites for hydroxylation is 1. The number of methoxy groups -OCH3 is 1. The summed E-state index contributed by atoms with van der Waals surface area (Å²) in [6, 6.07) is 8.83. The molecule has 29 heavy (non-hydrogen) atoms. The highest BCUT2D eigenvalue weighted by molar-refractivity contribution is 6.30. The number of anilines is 1. The smallest absolute Gasteiger partial charge is 0.337 e. The van der Waals surface area contributed by atoms with Gasteiger partial charge in [-0.15, -0.1) is 0 Å². The molecule has 0 amide bonds. The van der Waals surface area contributed by atoms with Crippen LogP contribution >= 0.6 is 11.6 Å². The molecule has 2 aromatic rings. The molecule has 7 heteroatoms. The molecule has 1 N–H and O–H groups in total. The lowest BCUT2D eigenvalue weighted by atomic mass is 9.78. The number of benzene rings is 1. The molecule has 0 bridgehead atoms. The van der Waals surface area contributed by atoms with Gasteiger partial charge in [-0.3, -0.25) is 0 Å². The lowest BCUT2D eigenvalue weighted by Crippen LogP contribution is -2.42. The summed E-state index contributed by atoms with van der Waals surface area (Å²) >= 11 is 6.04. The summed E-state index contributed by atoms with van der Waals surface area (Å²) in [4.78, 5) is 18.5. The van der Waals surface area contributed by atoms with E-state index < -0.39 is 12.1 Å². The third-order valence-electron chi connectivity index (χ3n) is 5.94. The van der Waals surface area contributed by atoms with Crippen LogP contribution in [0, 0.1) is 18.8 Å². The molecular weight excluding hydrogens is 392 g/mol. The average Bonchev–Trinajstić information content (AvgIpc) is 3.10. The molecule has 1 aromatic carbocycles. The number of aromatic nitrogens is 1. The van der Waals surface area contributed by atoms with Crippen molar-refractivity contribution >= 4 is 23.4 Å². The molecule has 2 aliphatic rings. The van der Waals surface area contributed by atoms with E-state index in [1.54, 1.807) is 30.5 Å². The lowest BCUT2D eigenvalue weighted by Gasteiger charge is -2.35. The summed E-state index contributed by atoms with van der Waals surface area (Å²) in [5, 5.41) is 11.3. The maximum atomic E-state index is 11.7. The number of aliphatic hydroxyl groups is 1. The van der Waals surface area contributed by atoms with E-state index >= 15 is 0 Å². The van der Waals surface area contributed by atoms with Crippen molar-refractivity contribution < 1.29 is 19.4 Å². The molecule has 2 fully saturated rings. The largest absolute Gasteiger partial charge is 0.488 e. The van der Waals surface area contributed by atoms with Gasteiger partial charge in [-0.1, -0.05) is 17.7 Å². The summed E-state index contributed by atoms with van der Waals surface area (Å²) < 4.78 is 10.8. The monoisotopic (exact) mass is 416 g/mol. The Hall–Kier alpha value is -2.31. The van der Waals surface area contributed by atoms with E-state index in [0.29, 0.717) is 34.6 Å². The number of hydrogen-bond donors (Lipinski definition) is 1. The molecule has 2 heterocycles. The number of ether oxygens (including phenoxy) is 2. The number of pyridine rings is 1. The maximum absolute atomic E-state index is 11.7. The van der Waals surface area contributed by atoms with Gasteiger partial charge in [-0.25, -0.2) is 9.78 Å². The highest BCUT2D eigenvalue weighted by Gasteiger charge is 2.43. The minimum atomic E-state index is -0.544. The predicted octanol–water partition coefficient (Wildman–Crippen LogP) is 3.48. The molecule has 1 saturated heterocycles. The van der Waals surface area contributed by atoms with Gasteiger partial charge >= 0.3 is 5.97 Å². The molecule has 1 aliphatic carbocycles. The van der Waals surface area contributed by atoms with Crippen LogP contribution in [0.5, 0.6) is 5.75 Å². The second kappa shape index (κ2) is 8.20. The summed E-state index contributed by atoms with van der Waals surface area (Å²) in [6.07, 6.45) is 2.29. The number of hydrogen-bond acceptors (Lipinski definition) is 6. The lowest BCUT2D eigenvalue weighted by molar-refractivity contribution is -0.0231. The van der Waals surface area contributed by atoms with Crippen LogP contribution in [0.15, 0.2) is 36.5 Å². The number of carbonyl (C=O) groups is 1. The molecule has 0 radical (unpaired) electrons. The molecule has 4 atom stereocenters. The average molecular weight is 417 g/mol. The van der Waals surface area contributed by atoms with Gasteiger partial charge < -0.3 is 19.5 Å². The van der Waals surface area contributed by atoms with Crippen LogP contribution in [0.1, 0.15) is 28.8 Å². The van der Waals surface area contributed by atoms with E-state index in [9.17, 15) is 9.90 Å². The van der Waals surface area contributed by atoms with Crippen LogP contribution in [0.3, 0.4) is 0 Å². The van der Waals surface area contributed by atoms with Gasteiger partial charge in [-0.2, -0.15) is 0 Å². The fraction of sp³-hybridized carbons (Fsp3) is 0.455. The van der Waals surface area contributed by atoms with Gasteiger partial charge in [0.25, 0.3) is 0 Å². The zero-order valence-electron chi connectivity index (χ0n) is 16.5. The number of aliphatic hydroxyl groups excluding tert-OH is 1. The molecule has 4 rings (SSSR count). The quantitative estimate of drug-likeness (QED) is 0.769. The highest BCUT2D eigenvalue weighted by atomic mass is 35.5. The molecular formula is C22H25ClN2O4. The van der Waals surface area contributed by atoms with Crippen molar-refractivity contribution in [2.75, 3.05) is 25.1 Å². The Morgan fingerprint density at radius 2 is 2.00 bits per heavy atom. The van der Waals surface area contributed by atoms with Crippen molar-refractivity contribution in [3.8, 4) is 5.75 Å². The third kappa shape index (κ3) is 4.19. The Morgan fingerprint density at radius 1 is 1.24 bits per heavy atom. The number of carbonyl (C=O) groups excluding carboxylic acids is 1. The number of esters is 1. The van der Waals surface area contributed by atoms with Crippen molar-refractivity contribution in [2.24, 2.45) is 11.8 Å². The first kappa shape index (κ1) is 20.0. The van der Waals surface area contributed by atoms with Gasteiger partial charge in [-0.05, 0) is 61.4 Å². The van der Waals surface area contributed by atoms with Gasteiger partial charge in [0.05, 0.1) is 23.8 Å². The molecule has 1 aromatic heterocycles. The number of nitrogens with zero attached hydrogens (tertiary/aromatic N) is 2. The Kier molecular flexibility index (Phi) is 5.65. The topological polar surface area (TPSA) is 71.9 Å². The normalized spacial score (nSPS) is 26.1. The van der Waals surface area contributed by atoms with E-state index in [-0.39, 0.29) is 6.10 Å². The summed E-state index contributed by atoms with van der Waals surface area (Å²) in [7, 11) is 1.35. The van der Waals surface area contributed by atoms with Crippen molar-refractivity contribution in [2.45, 2.75) is 32.0 Å². The standard InChI is InChI=1S/C22H25ClN2O4/c1-13-6-17(23)10-24-21(13)25-11-15-8-19(26)20(9-16(15)12-25)29-18-5-3-4-14(7-18)22(27)28-2/h3-7,10,15-16,19-20,26H,8-9,11-12H2,1-2H3/t15-,16+,19+,20+/m0/s1. The second-order valence-electron chi connectivity index (χ2n) is 7.93. The third-order valence-corrected chi connectivity index (χ3v) is 6.15. The predicted molar refractivity (Wildman–Crippen MR) is 111 cm³/mol. The van der Waals surface area contributed by atoms with Crippen LogP contribution < -0.4 is 9.64 Å². The summed E-state index contributed by atoms with van der Waals surface area (Å²) in [5.41, 5.74) is 1.49. The number of halogens is 1. The van der Waals surface area contributed by atoms with Crippen molar-refractivity contribution in [3.05, 3.63) is 52.7 Å². The van der Waals surface area contributed by atoms with E-state index in [1.165, 1.54) is 7.11 Å². The van der Waals surface area contributed by atoms with Crippen LogP contribution in [-0.4, -0.2) is 48.5 Å². The minimum absolute atomic E-state index is 0.302. The molecule has 1 aliphatic heterocycles. The molecule has 0 spiro atoms. The molecule has 6 nitrogen and oxygen atoms in total. The van der Waals surface area contributed by atoms with Crippen molar-refractivity contribution in [3.63, 3.8) is 0 Å². The van der Waals surface area contributed by atoms with Crippen molar-refractivity contribution in [1.82, 2.24) is 4.98 Å². The Bertz CT molecular complexity index is 906. The van der Waals surface area contributed by atoms with Gasteiger partial charge in [0.2, 0.25) is 0 Å². The highest BCUT2D eigenvalue weighted by Crippen LogP contribution is 2.40. The molecule has 1 saturated carbocycles. The van der Waals surface area contributed by atoms with Crippen molar-refractivity contribution in [1.29, 1.82) is 0 Å². The fourth-order valence-corrected chi connectivity index (χ4v) is 4.76. The zero-order valence-corrected chi connectivity index (χ0v) is 17.3. The van der Waals surface area contributed by atoms with Gasteiger partial charge in [0.15, 0.2) is 0 Å². The van der Waals surface area contributed by atoms with E-state index in [0.717, 1.165) is 30.9 Å². The fourth-order valence-electron chi connectivity index (χ4n) is 4.54. The SMILES string of the molecule is COC(=O)c1cccc(O[C@@H]2C[C@@H]3CN(c4ncc(Cl)cc4C)C[C@@H]3C[C@H]2O)c1. The first-order valence-corrected chi connectivity index (χ1v) is 10.2. The number of fused-ring (bicyclic) bond motifs is 1. The molecule has 154 valence electrons. The Morgan fingerprint density at radius 3 is 2.72 bits per heavy atom. The first-order valence-electron chi connectivity index (χ1n) is 9.84. The second-order valence-corrected chi connectivity index (χ2v) is 8.37. The van der Waals surface area contributed by atoms with Crippen LogP contribution in [0.4, 0.5) is 5.82 Å².